The number of imidazole rings is 2. The number of carbonyl (C=O) groups excluding carboxylic acids is 4. The summed E-state index contributed by atoms with van der Waals surface area (Å²) < 4.78 is 35.4. The van der Waals surface area contributed by atoms with Crippen LogP contribution in [0.3, 0.4) is 0 Å². The Kier molecular flexibility index (Phi) is 12.0. The van der Waals surface area contributed by atoms with Gasteiger partial charge in [-0.15, -0.1) is 11.3 Å². The van der Waals surface area contributed by atoms with E-state index in [0.29, 0.717) is 58.8 Å². The Labute approximate surface area is 402 Å². The fourth-order valence-corrected chi connectivity index (χ4v) is 11.3. The van der Waals surface area contributed by atoms with Crippen molar-refractivity contribution in [3.63, 3.8) is 0 Å². The number of aromatic nitrogens is 6. The highest BCUT2D eigenvalue weighted by molar-refractivity contribution is 7.11. The zero-order valence-corrected chi connectivity index (χ0v) is 40.6. The van der Waals surface area contributed by atoms with E-state index in [4.69, 9.17) is 29.2 Å². The maximum Gasteiger partial charge on any atom is 0.407 e. The van der Waals surface area contributed by atoms with Crippen LogP contribution in [0.2, 0.25) is 0 Å². The normalized spacial score (nSPS) is 21.2. The maximum atomic E-state index is 16.9. The zero-order chi connectivity index (χ0) is 48.6. The minimum Gasteiger partial charge on any atom is -0.464 e. The molecule has 3 aliphatic heterocycles. The number of hydrogen-bond acceptors (Lipinski definition) is 11. The predicted octanol–water partition coefficient (Wildman–Crippen LogP) is 8.83. The monoisotopic (exact) mass is 960 g/mol. The average molecular weight is 961 g/mol. The second-order valence-corrected chi connectivity index (χ2v) is 20.7. The van der Waals surface area contributed by atoms with Gasteiger partial charge in [-0.05, 0) is 73.8 Å². The number of aromatic amines is 2. The molecule has 362 valence electrons. The Morgan fingerprint density at radius 3 is 2.13 bits per heavy atom. The van der Waals surface area contributed by atoms with Crippen molar-refractivity contribution < 1.29 is 37.8 Å². The molecule has 3 fully saturated rings. The minimum atomic E-state index is -0.775. The zero-order valence-electron chi connectivity index (χ0n) is 39.8. The molecule has 4 aliphatic rings. The molecule has 1 aliphatic carbocycles. The first-order valence-corrected chi connectivity index (χ1v) is 24.5. The number of thiazole rings is 1. The Morgan fingerprint density at radius 1 is 0.812 bits per heavy atom. The summed E-state index contributed by atoms with van der Waals surface area (Å²) in [6.45, 7) is 12.2. The summed E-state index contributed by atoms with van der Waals surface area (Å²) in [4.78, 5) is 77.8. The second-order valence-electron chi connectivity index (χ2n) is 19.6. The third-order valence-corrected chi connectivity index (χ3v) is 15.4. The molecular formula is C50H57FN10O7S. The molecule has 7 atom stereocenters. The van der Waals surface area contributed by atoms with E-state index in [0.717, 1.165) is 51.3 Å². The van der Waals surface area contributed by atoms with Gasteiger partial charge in [0.25, 0.3) is 0 Å². The lowest BCUT2D eigenvalue weighted by atomic mass is 10.0. The molecule has 2 aromatic carbocycles. The molecule has 4 aromatic heterocycles. The van der Waals surface area contributed by atoms with Crippen molar-refractivity contribution >= 4 is 46.2 Å². The van der Waals surface area contributed by atoms with Gasteiger partial charge in [0.2, 0.25) is 18.0 Å². The standard InChI is InChI=1S/C50H57FN10O7S/c1-23(2)41(57-49(64)66-7)46(62)59-13-9-10-34(59)43-52-21-32(56-43)27-15-30(51)40-36-17-28-14-26(11-12-33(28)61(36)48(68-38(40)19-27)39-22-54-45(69-39)25(5)6)31-20-53-44(55-31)37-18-29-16-35(29)60(37)47(63)42(24(3)4)58-50(65)67-8/h11-12,14-15,17,19-25,29,34-35,37,41-42,48H,9-10,13,16,18H2,1-8H3,(H,52,56)(H,53,55)(H,57,64)(H,58,65)/t29-,34+,35-,37+,41?,42?,48?/m1/s1. The number of amides is 4. The molecular weight excluding hydrogens is 904 g/mol. The summed E-state index contributed by atoms with van der Waals surface area (Å²) in [6, 6.07) is 9.32. The lowest BCUT2D eigenvalue weighted by Gasteiger charge is -2.31. The highest BCUT2D eigenvalue weighted by Crippen LogP contribution is 2.54. The summed E-state index contributed by atoms with van der Waals surface area (Å²) >= 11 is 1.56. The number of benzene rings is 2. The summed E-state index contributed by atoms with van der Waals surface area (Å²) in [5.41, 5.74) is 4.53. The third kappa shape index (κ3) is 8.27. The summed E-state index contributed by atoms with van der Waals surface area (Å²) in [6.07, 6.45) is 6.43. The van der Waals surface area contributed by atoms with Crippen molar-refractivity contribution in [2.45, 2.75) is 110 Å². The number of nitrogens with one attached hydrogen (secondary N) is 4. The van der Waals surface area contributed by atoms with Crippen LogP contribution in [-0.4, -0.2) is 102 Å². The van der Waals surface area contributed by atoms with Crippen molar-refractivity contribution in [2.75, 3.05) is 20.8 Å². The first-order chi connectivity index (χ1) is 33.1. The number of likely N-dealkylation sites (tertiary alicyclic amines) is 2. The molecule has 19 heteroatoms. The number of halogens is 1. The van der Waals surface area contributed by atoms with E-state index in [2.05, 4.69) is 40.5 Å². The number of piperidine rings is 1. The molecule has 6 aromatic rings. The lowest BCUT2D eigenvalue weighted by Crippen LogP contribution is -2.52. The van der Waals surface area contributed by atoms with Crippen molar-refractivity contribution in [1.29, 1.82) is 0 Å². The molecule has 69 heavy (non-hydrogen) atoms. The van der Waals surface area contributed by atoms with Gasteiger partial charge in [-0.2, -0.15) is 0 Å². The fourth-order valence-electron chi connectivity index (χ4n) is 10.3. The van der Waals surface area contributed by atoms with Crippen molar-refractivity contribution in [1.82, 2.24) is 49.9 Å². The molecule has 2 saturated heterocycles. The van der Waals surface area contributed by atoms with Crippen LogP contribution in [0.15, 0.2) is 55.0 Å². The Bertz CT molecular complexity index is 2970. The van der Waals surface area contributed by atoms with Gasteiger partial charge in [-0.3, -0.25) is 14.2 Å². The fraction of sp³-hybridized carbons (Fsp3) is 0.460. The SMILES string of the molecule is COC(=O)NC(C(=O)N1CCC[C@H]1c1ncc(-c2cc(F)c3c(c2)OC(c2cnc(C(C)C)s2)n2c-3cc3cc(-c4cnc([C@@H]5C[C@H]6C[C@H]6N5C(=O)C(NC(=O)OC)C(C)C)[nH]4)ccc32)[nH]1)C(C)C. The predicted molar refractivity (Wildman–Crippen MR) is 256 cm³/mol. The van der Waals surface area contributed by atoms with Crippen LogP contribution in [0.1, 0.15) is 113 Å². The number of nitrogens with zero attached hydrogens (tertiary/aromatic N) is 6. The van der Waals surface area contributed by atoms with Crippen molar-refractivity contribution in [3.05, 3.63) is 82.3 Å². The highest BCUT2D eigenvalue weighted by Gasteiger charge is 2.56. The van der Waals surface area contributed by atoms with Crippen molar-refractivity contribution in [3.8, 4) is 39.5 Å². The topological polar surface area (TPSA) is 202 Å². The van der Waals surface area contributed by atoms with Crippen molar-refractivity contribution in [2.24, 2.45) is 17.8 Å². The quantitative estimate of drug-likeness (QED) is 0.0918. The molecule has 10 rings (SSSR count). The number of hydrogen-bond donors (Lipinski definition) is 4. The molecule has 4 amide bonds. The van der Waals surface area contributed by atoms with Crippen LogP contribution in [-0.2, 0) is 19.1 Å². The first-order valence-electron chi connectivity index (χ1n) is 23.7. The van der Waals surface area contributed by atoms with Crippen LogP contribution >= 0.6 is 11.3 Å². The molecule has 7 heterocycles. The van der Waals surface area contributed by atoms with Gasteiger partial charge in [0.15, 0.2) is 0 Å². The molecule has 3 unspecified atom stereocenters. The van der Waals surface area contributed by atoms with Gasteiger partial charge in [0.05, 0.1) is 76.7 Å². The van der Waals surface area contributed by atoms with Gasteiger partial charge in [-0.25, -0.2) is 28.9 Å². The second kappa shape index (κ2) is 18.0. The Morgan fingerprint density at radius 2 is 1.48 bits per heavy atom. The average Bonchev–Trinajstić information content (AvgIpc) is 4.09. The maximum absolute atomic E-state index is 16.9. The van der Waals surface area contributed by atoms with E-state index in [-0.39, 0.29) is 47.7 Å². The molecule has 1 saturated carbocycles. The van der Waals surface area contributed by atoms with E-state index < -0.39 is 36.3 Å². The van der Waals surface area contributed by atoms with E-state index in [1.54, 1.807) is 28.6 Å². The Balaban J connectivity index is 0.968. The van der Waals surface area contributed by atoms with Crippen LogP contribution < -0.4 is 15.4 Å². The first kappa shape index (κ1) is 46.0. The number of fused-ring (bicyclic) bond motifs is 6. The molecule has 0 bridgehead atoms. The van der Waals surface area contributed by atoms with Crippen LogP contribution in [0.5, 0.6) is 5.75 Å². The van der Waals surface area contributed by atoms with E-state index >= 15 is 4.39 Å². The number of ether oxygens (including phenoxy) is 3. The summed E-state index contributed by atoms with van der Waals surface area (Å²) in [5.74, 6) is 1.01. The third-order valence-electron chi connectivity index (χ3n) is 14.0. The number of H-pyrrole nitrogens is 2. The molecule has 4 N–H and O–H groups in total. The number of carbonyl (C=O) groups is 4. The van der Waals surface area contributed by atoms with Gasteiger partial charge in [-0.1, -0.05) is 47.6 Å². The molecule has 0 spiro atoms. The summed E-state index contributed by atoms with van der Waals surface area (Å²) in [7, 11) is 2.55. The largest absolute Gasteiger partial charge is 0.464 e. The van der Waals surface area contributed by atoms with Gasteiger partial charge in [0.1, 0.15) is 35.3 Å². The highest BCUT2D eigenvalue weighted by atomic mass is 32.1. The van der Waals surface area contributed by atoms with Gasteiger partial charge >= 0.3 is 12.2 Å². The smallest absolute Gasteiger partial charge is 0.407 e. The Hall–Kier alpha value is -6.76. The van der Waals surface area contributed by atoms with Gasteiger partial charge in [0, 0.05) is 41.2 Å². The number of methoxy groups -OCH3 is 2. The summed E-state index contributed by atoms with van der Waals surface area (Å²) in [5, 5.41) is 7.25. The van der Waals surface area contributed by atoms with Crippen LogP contribution in [0.25, 0.3) is 44.7 Å². The lowest BCUT2D eigenvalue weighted by molar-refractivity contribution is -0.137. The van der Waals surface area contributed by atoms with Gasteiger partial charge < -0.3 is 44.6 Å². The van der Waals surface area contributed by atoms with E-state index in [1.165, 1.54) is 20.3 Å². The molecule has 0 radical (unpaired) electrons. The van der Waals surface area contributed by atoms with Crippen LogP contribution in [0.4, 0.5) is 14.0 Å². The van der Waals surface area contributed by atoms with E-state index in [9.17, 15) is 19.2 Å². The number of rotatable bonds is 12. The number of alkyl carbamates (subject to hydrolysis) is 2. The minimum absolute atomic E-state index is 0.101. The van der Waals surface area contributed by atoms with E-state index in [1.807, 2.05) is 67.6 Å². The molecule has 17 nitrogen and oxygen atoms in total. The van der Waals surface area contributed by atoms with Crippen LogP contribution in [0, 0.1) is 23.6 Å².